The molecule has 0 fully saturated rings. The maximum absolute atomic E-state index is 12.7. The molecule has 0 bridgehead atoms. The molecule has 0 aliphatic carbocycles. The van der Waals surface area contributed by atoms with Crippen molar-refractivity contribution in [1.29, 1.82) is 0 Å². The zero-order valence-electron chi connectivity index (χ0n) is 14.5. The Hall–Kier alpha value is -2.18. The van der Waals surface area contributed by atoms with Crippen LogP contribution in [0.2, 0.25) is 0 Å². The number of hydrogen-bond donors (Lipinski definition) is 1. The average Bonchev–Trinajstić information content (AvgIpc) is 2.67. The molecule has 25 heavy (non-hydrogen) atoms. The minimum Gasteiger partial charge on any atom is -0.497 e. The third-order valence-electron chi connectivity index (χ3n) is 3.83. The van der Waals surface area contributed by atoms with Crippen molar-refractivity contribution in [3.8, 4) is 11.5 Å². The standard InChI is InChI=1S/C19H22O5S/c1-22-16-8-4-14(5-9-16)19(21,18(20)24-12-13-25-3)15-6-10-17(23-2)11-7-15/h4-11,21H,12-13H2,1-3H3. The van der Waals surface area contributed by atoms with Gasteiger partial charge in [-0.3, -0.25) is 0 Å². The third-order valence-corrected chi connectivity index (χ3v) is 4.41. The minimum atomic E-state index is -1.91. The largest absolute Gasteiger partial charge is 0.497 e. The number of hydrogen-bond acceptors (Lipinski definition) is 6. The van der Waals surface area contributed by atoms with Crippen LogP contribution >= 0.6 is 11.8 Å². The lowest BCUT2D eigenvalue weighted by Crippen LogP contribution is -2.39. The van der Waals surface area contributed by atoms with E-state index in [-0.39, 0.29) is 6.61 Å². The van der Waals surface area contributed by atoms with Gasteiger partial charge in [0, 0.05) is 5.75 Å². The van der Waals surface area contributed by atoms with Crippen molar-refractivity contribution in [2.45, 2.75) is 5.60 Å². The Labute approximate surface area is 151 Å². The summed E-state index contributed by atoms with van der Waals surface area (Å²) in [5, 5.41) is 11.3. The summed E-state index contributed by atoms with van der Waals surface area (Å²) in [6.45, 7) is 0.231. The number of methoxy groups -OCH3 is 2. The van der Waals surface area contributed by atoms with Gasteiger partial charge in [-0.05, 0) is 41.6 Å². The second kappa shape index (κ2) is 8.78. The summed E-state index contributed by atoms with van der Waals surface area (Å²) in [5.41, 5.74) is -1.09. The van der Waals surface area contributed by atoms with Crippen LogP contribution in [-0.2, 0) is 15.1 Å². The van der Waals surface area contributed by atoms with Gasteiger partial charge in [0.15, 0.2) is 0 Å². The Bertz CT molecular complexity index is 634. The molecule has 0 saturated heterocycles. The molecule has 0 aliphatic rings. The summed E-state index contributed by atoms with van der Waals surface area (Å²) in [6, 6.07) is 13.4. The maximum atomic E-state index is 12.7. The van der Waals surface area contributed by atoms with Gasteiger partial charge in [-0.2, -0.15) is 11.8 Å². The van der Waals surface area contributed by atoms with Crippen LogP contribution in [0.5, 0.6) is 11.5 Å². The van der Waals surface area contributed by atoms with Crippen LogP contribution in [0.1, 0.15) is 11.1 Å². The first-order chi connectivity index (χ1) is 12.1. The van der Waals surface area contributed by atoms with Crippen LogP contribution in [0.4, 0.5) is 0 Å². The SMILES string of the molecule is COc1ccc(C(O)(C(=O)OCCSC)c2ccc(OC)cc2)cc1. The fourth-order valence-corrected chi connectivity index (χ4v) is 2.64. The quantitative estimate of drug-likeness (QED) is 0.575. The van der Waals surface area contributed by atoms with Gasteiger partial charge in [0.25, 0.3) is 0 Å². The lowest BCUT2D eigenvalue weighted by Gasteiger charge is -2.27. The molecule has 0 amide bonds. The third kappa shape index (κ3) is 4.27. The molecule has 0 aromatic heterocycles. The summed E-state index contributed by atoms with van der Waals surface area (Å²) in [6.07, 6.45) is 1.92. The number of carbonyl (C=O) groups is 1. The molecular weight excluding hydrogens is 340 g/mol. The van der Waals surface area contributed by atoms with Crippen LogP contribution in [0, 0.1) is 0 Å². The van der Waals surface area contributed by atoms with E-state index in [1.165, 1.54) is 0 Å². The van der Waals surface area contributed by atoms with Crippen molar-refractivity contribution in [2.24, 2.45) is 0 Å². The average molecular weight is 362 g/mol. The van der Waals surface area contributed by atoms with Crippen LogP contribution in [0.25, 0.3) is 0 Å². The zero-order valence-corrected chi connectivity index (χ0v) is 15.3. The second-order valence-corrected chi connectivity index (χ2v) is 6.28. The number of carbonyl (C=O) groups excluding carboxylic acids is 1. The van der Waals surface area contributed by atoms with Crippen molar-refractivity contribution in [2.75, 3.05) is 32.8 Å². The normalized spacial score (nSPS) is 11.0. The monoisotopic (exact) mass is 362 g/mol. The molecule has 0 unspecified atom stereocenters. The molecule has 1 N–H and O–H groups in total. The molecule has 2 aromatic rings. The lowest BCUT2D eigenvalue weighted by molar-refractivity contribution is -0.161. The Morgan fingerprint density at radius 3 is 1.76 bits per heavy atom. The molecule has 0 heterocycles. The molecular formula is C19H22O5S. The number of aliphatic hydroxyl groups is 1. The molecule has 0 atom stereocenters. The van der Waals surface area contributed by atoms with E-state index in [4.69, 9.17) is 14.2 Å². The van der Waals surface area contributed by atoms with Crippen LogP contribution in [0.3, 0.4) is 0 Å². The van der Waals surface area contributed by atoms with Crippen molar-refractivity contribution in [3.05, 3.63) is 59.7 Å². The first kappa shape index (κ1) is 19.1. The highest BCUT2D eigenvalue weighted by Crippen LogP contribution is 2.33. The van der Waals surface area contributed by atoms with E-state index in [1.807, 2.05) is 6.26 Å². The first-order valence-electron chi connectivity index (χ1n) is 7.73. The predicted molar refractivity (Wildman–Crippen MR) is 98.3 cm³/mol. The number of esters is 1. The molecule has 0 saturated carbocycles. The van der Waals surface area contributed by atoms with Gasteiger partial charge in [0.05, 0.1) is 14.2 Å². The Kier molecular flexibility index (Phi) is 6.73. The summed E-state index contributed by atoms with van der Waals surface area (Å²) >= 11 is 1.56. The van der Waals surface area contributed by atoms with E-state index < -0.39 is 11.6 Å². The molecule has 6 heteroatoms. The van der Waals surface area contributed by atoms with E-state index in [2.05, 4.69) is 0 Å². The van der Waals surface area contributed by atoms with Gasteiger partial charge < -0.3 is 19.3 Å². The van der Waals surface area contributed by atoms with Crippen LogP contribution in [-0.4, -0.2) is 43.9 Å². The van der Waals surface area contributed by atoms with E-state index in [0.29, 0.717) is 28.4 Å². The van der Waals surface area contributed by atoms with Gasteiger partial charge in [-0.1, -0.05) is 24.3 Å². The van der Waals surface area contributed by atoms with E-state index in [9.17, 15) is 9.90 Å². The van der Waals surface area contributed by atoms with E-state index in [0.717, 1.165) is 0 Å². The summed E-state index contributed by atoms with van der Waals surface area (Å²) < 4.78 is 15.6. The van der Waals surface area contributed by atoms with Gasteiger partial charge in [-0.25, -0.2) is 4.79 Å². The van der Waals surface area contributed by atoms with E-state index >= 15 is 0 Å². The molecule has 0 radical (unpaired) electrons. The van der Waals surface area contributed by atoms with Gasteiger partial charge in [0.1, 0.15) is 18.1 Å². The van der Waals surface area contributed by atoms with Crippen molar-refractivity contribution < 1.29 is 24.1 Å². The summed E-state index contributed by atoms with van der Waals surface area (Å²) in [4.78, 5) is 12.7. The Morgan fingerprint density at radius 1 is 0.960 bits per heavy atom. The predicted octanol–water partition coefficient (Wildman–Crippen LogP) is 2.85. The van der Waals surface area contributed by atoms with Crippen molar-refractivity contribution >= 4 is 17.7 Å². The number of benzene rings is 2. The smallest absolute Gasteiger partial charge is 0.347 e. The topological polar surface area (TPSA) is 65.0 Å². The Balaban J connectivity index is 2.42. The summed E-state index contributed by atoms with van der Waals surface area (Å²) in [5.74, 6) is 1.22. The van der Waals surface area contributed by atoms with E-state index in [1.54, 1.807) is 74.5 Å². The molecule has 2 aromatic carbocycles. The molecule has 5 nitrogen and oxygen atoms in total. The highest BCUT2D eigenvalue weighted by molar-refractivity contribution is 7.98. The Morgan fingerprint density at radius 2 is 1.40 bits per heavy atom. The number of ether oxygens (including phenoxy) is 3. The highest BCUT2D eigenvalue weighted by Gasteiger charge is 2.41. The fraction of sp³-hybridized carbons (Fsp3) is 0.316. The number of thioether (sulfide) groups is 1. The van der Waals surface area contributed by atoms with Crippen molar-refractivity contribution in [3.63, 3.8) is 0 Å². The molecule has 134 valence electrons. The van der Waals surface area contributed by atoms with Gasteiger partial charge >= 0.3 is 5.97 Å². The van der Waals surface area contributed by atoms with Crippen LogP contribution in [0.15, 0.2) is 48.5 Å². The van der Waals surface area contributed by atoms with Gasteiger partial charge in [-0.15, -0.1) is 0 Å². The van der Waals surface area contributed by atoms with Gasteiger partial charge in [0.2, 0.25) is 5.60 Å². The number of rotatable bonds is 8. The second-order valence-electron chi connectivity index (χ2n) is 5.30. The highest BCUT2D eigenvalue weighted by atomic mass is 32.2. The molecule has 0 aliphatic heterocycles. The molecule has 2 rings (SSSR count). The lowest BCUT2D eigenvalue weighted by atomic mass is 9.86. The first-order valence-corrected chi connectivity index (χ1v) is 9.13. The van der Waals surface area contributed by atoms with Crippen molar-refractivity contribution in [1.82, 2.24) is 0 Å². The zero-order chi connectivity index (χ0) is 18.3. The fourth-order valence-electron chi connectivity index (χ4n) is 2.39. The molecule has 0 spiro atoms. The minimum absolute atomic E-state index is 0.231. The summed E-state index contributed by atoms with van der Waals surface area (Å²) in [7, 11) is 3.11. The van der Waals surface area contributed by atoms with Crippen LogP contribution < -0.4 is 9.47 Å². The maximum Gasteiger partial charge on any atom is 0.347 e.